The number of carbonyl (C=O) groups is 3. The van der Waals surface area contributed by atoms with E-state index in [-0.39, 0.29) is 11.8 Å². The van der Waals surface area contributed by atoms with Crippen molar-refractivity contribution in [2.24, 2.45) is 5.41 Å². The van der Waals surface area contributed by atoms with Gasteiger partial charge in [-0.1, -0.05) is 30.3 Å². The van der Waals surface area contributed by atoms with Crippen LogP contribution < -0.4 is 0 Å². The highest BCUT2D eigenvalue weighted by Crippen LogP contribution is 2.49. The van der Waals surface area contributed by atoms with Crippen LogP contribution in [0, 0.1) is 5.41 Å². The van der Waals surface area contributed by atoms with E-state index >= 15 is 0 Å². The molecule has 2 saturated heterocycles. The lowest BCUT2D eigenvalue weighted by atomic mass is 10.0. The van der Waals surface area contributed by atoms with E-state index in [1.54, 1.807) is 9.80 Å². The fourth-order valence-corrected chi connectivity index (χ4v) is 4.23. The summed E-state index contributed by atoms with van der Waals surface area (Å²) in [5, 5.41) is 0. The molecule has 150 valence electrons. The molecule has 1 aromatic rings. The van der Waals surface area contributed by atoms with E-state index in [9.17, 15) is 14.4 Å². The molecule has 0 bridgehead atoms. The Kier molecular flexibility index (Phi) is 5.35. The highest BCUT2D eigenvalue weighted by atomic mass is 16.2. The van der Waals surface area contributed by atoms with Crippen LogP contribution in [0.3, 0.4) is 0 Å². The molecule has 4 rings (SSSR count). The van der Waals surface area contributed by atoms with Crippen molar-refractivity contribution in [3.8, 4) is 0 Å². The third kappa shape index (κ3) is 3.76. The predicted octanol–water partition coefficient (Wildman–Crippen LogP) is 0.412. The first-order valence-electron chi connectivity index (χ1n) is 10.2. The summed E-state index contributed by atoms with van der Waals surface area (Å²) in [6, 6.07) is 10.4. The van der Waals surface area contributed by atoms with Gasteiger partial charge in [0.25, 0.3) is 0 Å². The lowest BCUT2D eigenvalue weighted by Crippen LogP contribution is -2.56. The molecule has 3 fully saturated rings. The Hall–Kier alpha value is -2.41. The largest absolute Gasteiger partial charge is 0.342 e. The third-order valence-corrected chi connectivity index (χ3v) is 6.23. The summed E-state index contributed by atoms with van der Waals surface area (Å²) in [7, 11) is 0. The van der Waals surface area contributed by atoms with Gasteiger partial charge in [-0.05, 0) is 18.4 Å². The molecular weight excluding hydrogens is 356 g/mol. The zero-order valence-electron chi connectivity index (χ0n) is 16.3. The van der Waals surface area contributed by atoms with Gasteiger partial charge in [-0.3, -0.25) is 19.3 Å². The number of benzene rings is 1. The highest BCUT2D eigenvalue weighted by molar-refractivity contribution is 6.08. The van der Waals surface area contributed by atoms with Crippen molar-refractivity contribution in [2.75, 3.05) is 52.4 Å². The van der Waals surface area contributed by atoms with Crippen molar-refractivity contribution in [3.63, 3.8) is 0 Å². The molecule has 0 aromatic heterocycles. The van der Waals surface area contributed by atoms with Crippen LogP contribution in [0.25, 0.3) is 0 Å². The number of piperazine rings is 2. The third-order valence-electron chi connectivity index (χ3n) is 6.23. The van der Waals surface area contributed by atoms with Crippen molar-refractivity contribution in [3.05, 3.63) is 35.9 Å². The molecule has 2 aliphatic heterocycles. The van der Waals surface area contributed by atoms with E-state index in [0.29, 0.717) is 52.1 Å². The van der Waals surface area contributed by atoms with Crippen molar-refractivity contribution in [1.82, 2.24) is 19.6 Å². The molecule has 7 nitrogen and oxygen atoms in total. The van der Waals surface area contributed by atoms with Gasteiger partial charge in [0.2, 0.25) is 18.2 Å². The molecule has 1 aromatic carbocycles. The van der Waals surface area contributed by atoms with Gasteiger partial charge in [0, 0.05) is 58.9 Å². The smallest absolute Gasteiger partial charge is 0.238 e. The fourth-order valence-electron chi connectivity index (χ4n) is 4.23. The summed E-state index contributed by atoms with van der Waals surface area (Å²) < 4.78 is 0. The highest BCUT2D eigenvalue weighted by Gasteiger charge is 2.59. The van der Waals surface area contributed by atoms with E-state index in [4.69, 9.17) is 0 Å². The molecule has 1 aliphatic carbocycles. The summed E-state index contributed by atoms with van der Waals surface area (Å²) in [5.41, 5.74) is 0.455. The standard InChI is InChI=1S/C21H28N4O3/c26-17-23-10-14-25(15-11-23)20(28)21(6-7-21)19(27)24-12-8-22(9-13-24)16-18-4-2-1-3-5-18/h1-5,17H,6-16H2. The number of hydrogen-bond donors (Lipinski definition) is 0. The van der Waals surface area contributed by atoms with Gasteiger partial charge >= 0.3 is 0 Å². The lowest BCUT2D eigenvalue weighted by molar-refractivity contribution is -0.152. The van der Waals surface area contributed by atoms with Crippen LogP contribution >= 0.6 is 0 Å². The molecular formula is C21H28N4O3. The van der Waals surface area contributed by atoms with E-state index in [1.807, 2.05) is 23.1 Å². The van der Waals surface area contributed by atoms with Gasteiger partial charge < -0.3 is 14.7 Å². The average Bonchev–Trinajstić information content (AvgIpc) is 3.56. The maximum absolute atomic E-state index is 13.1. The van der Waals surface area contributed by atoms with E-state index < -0.39 is 5.41 Å². The number of rotatable bonds is 5. The summed E-state index contributed by atoms with van der Waals surface area (Å²) in [5.74, 6) is -0.0237. The Balaban J connectivity index is 1.31. The maximum Gasteiger partial charge on any atom is 0.238 e. The van der Waals surface area contributed by atoms with E-state index in [2.05, 4.69) is 17.0 Å². The lowest BCUT2D eigenvalue weighted by Gasteiger charge is -2.38. The van der Waals surface area contributed by atoms with E-state index in [1.165, 1.54) is 5.56 Å². The Morgan fingerprint density at radius 3 is 1.86 bits per heavy atom. The minimum atomic E-state index is -0.828. The Labute approximate surface area is 165 Å². The molecule has 3 aliphatic rings. The molecule has 0 N–H and O–H groups in total. The zero-order chi connectivity index (χ0) is 19.6. The topological polar surface area (TPSA) is 64.2 Å². The first-order chi connectivity index (χ1) is 13.6. The summed E-state index contributed by atoms with van der Waals surface area (Å²) in [6.07, 6.45) is 2.14. The van der Waals surface area contributed by atoms with Gasteiger partial charge in [0.15, 0.2) is 0 Å². The molecule has 0 atom stereocenters. The van der Waals surface area contributed by atoms with Crippen molar-refractivity contribution >= 4 is 18.2 Å². The molecule has 0 spiro atoms. The van der Waals surface area contributed by atoms with Crippen molar-refractivity contribution < 1.29 is 14.4 Å². The fraction of sp³-hybridized carbons (Fsp3) is 0.571. The van der Waals surface area contributed by atoms with Crippen LogP contribution in [-0.2, 0) is 20.9 Å². The number of hydrogen-bond acceptors (Lipinski definition) is 4. The van der Waals surface area contributed by atoms with Crippen molar-refractivity contribution in [2.45, 2.75) is 19.4 Å². The van der Waals surface area contributed by atoms with Gasteiger partial charge in [-0.25, -0.2) is 0 Å². The molecule has 1 saturated carbocycles. The average molecular weight is 384 g/mol. The zero-order valence-corrected chi connectivity index (χ0v) is 16.3. The quantitative estimate of drug-likeness (QED) is 0.545. The van der Waals surface area contributed by atoms with Gasteiger partial charge in [-0.2, -0.15) is 0 Å². The second kappa shape index (κ2) is 7.91. The first-order valence-corrected chi connectivity index (χ1v) is 10.2. The summed E-state index contributed by atoms with van der Waals surface area (Å²) >= 11 is 0. The van der Waals surface area contributed by atoms with Crippen LogP contribution in [-0.4, -0.2) is 90.2 Å². The van der Waals surface area contributed by atoms with Gasteiger partial charge in [0.1, 0.15) is 5.41 Å². The molecule has 28 heavy (non-hydrogen) atoms. The molecule has 3 amide bonds. The minimum Gasteiger partial charge on any atom is -0.342 e. The Morgan fingerprint density at radius 1 is 0.821 bits per heavy atom. The number of carbonyl (C=O) groups excluding carboxylic acids is 3. The molecule has 2 heterocycles. The van der Waals surface area contributed by atoms with Gasteiger partial charge in [-0.15, -0.1) is 0 Å². The van der Waals surface area contributed by atoms with Crippen LogP contribution in [0.2, 0.25) is 0 Å². The van der Waals surface area contributed by atoms with Crippen molar-refractivity contribution in [1.29, 1.82) is 0 Å². The van der Waals surface area contributed by atoms with Crippen LogP contribution in [0.1, 0.15) is 18.4 Å². The predicted molar refractivity (Wildman–Crippen MR) is 104 cm³/mol. The monoisotopic (exact) mass is 384 g/mol. The number of nitrogens with zero attached hydrogens (tertiary/aromatic N) is 4. The second-order valence-electron chi connectivity index (χ2n) is 8.07. The SMILES string of the molecule is O=CN1CCN(C(=O)C2(C(=O)N3CCN(Cc4ccccc4)CC3)CC2)CC1. The van der Waals surface area contributed by atoms with Crippen LogP contribution in [0.4, 0.5) is 0 Å². The summed E-state index contributed by atoms with van der Waals surface area (Å²) in [6.45, 7) is 6.09. The second-order valence-corrected chi connectivity index (χ2v) is 8.07. The summed E-state index contributed by atoms with van der Waals surface area (Å²) in [4.78, 5) is 44.7. The molecule has 0 unspecified atom stereocenters. The first kappa shape index (κ1) is 18.9. The normalized spacial score (nSPS) is 22.1. The Morgan fingerprint density at radius 2 is 1.36 bits per heavy atom. The molecule has 0 radical (unpaired) electrons. The van der Waals surface area contributed by atoms with Gasteiger partial charge in [0.05, 0.1) is 0 Å². The molecule has 7 heteroatoms. The van der Waals surface area contributed by atoms with E-state index in [0.717, 1.165) is 26.0 Å². The maximum atomic E-state index is 13.1. The minimum absolute atomic E-state index is 0.00896. The Bertz CT molecular complexity index is 718. The van der Waals surface area contributed by atoms with Crippen LogP contribution in [0.15, 0.2) is 30.3 Å². The van der Waals surface area contributed by atoms with Crippen LogP contribution in [0.5, 0.6) is 0 Å². The number of amides is 3.